The summed E-state index contributed by atoms with van der Waals surface area (Å²) >= 11 is 0. The fraction of sp³-hybridized carbons (Fsp3) is 0.136. The third kappa shape index (κ3) is 4.38. The molecule has 0 saturated carbocycles. The maximum absolute atomic E-state index is 12.6. The quantitative estimate of drug-likeness (QED) is 0.656. The van der Waals surface area contributed by atoms with Crippen LogP contribution in [0.4, 0.5) is 11.4 Å². The highest BCUT2D eigenvalue weighted by atomic mass is 32.2. The van der Waals surface area contributed by atoms with E-state index in [2.05, 4.69) is 4.72 Å². The molecule has 0 atom stereocenters. The van der Waals surface area contributed by atoms with Crippen LogP contribution in [0.25, 0.3) is 0 Å². The number of ether oxygens (including phenoxy) is 2. The number of benzene rings is 3. The van der Waals surface area contributed by atoms with Crippen LogP contribution in [0.15, 0.2) is 83.8 Å². The fourth-order valence-corrected chi connectivity index (χ4v) is 4.15. The lowest BCUT2D eigenvalue weighted by molar-refractivity contribution is -0.120. The van der Waals surface area contributed by atoms with Crippen molar-refractivity contribution in [1.82, 2.24) is 0 Å². The number of nitrogens with one attached hydrogen (secondary N) is 1. The average Bonchev–Trinajstić information content (AvgIpc) is 2.78. The molecule has 154 valence electrons. The molecule has 1 aliphatic heterocycles. The number of carbonyl (C=O) groups is 1. The van der Waals surface area contributed by atoms with E-state index in [0.29, 0.717) is 36.0 Å². The Morgan fingerprint density at radius 1 is 0.967 bits per heavy atom. The molecule has 3 aromatic carbocycles. The van der Waals surface area contributed by atoms with Gasteiger partial charge in [0.2, 0.25) is 0 Å². The molecule has 0 aromatic heterocycles. The topological polar surface area (TPSA) is 84.9 Å². The molecule has 1 heterocycles. The molecule has 0 saturated heterocycles. The number of rotatable bonds is 6. The number of carbonyl (C=O) groups excluding carboxylic acids is 1. The van der Waals surface area contributed by atoms with Gasteiger partial charge in [-0.1, -0.05) is 30.3 Å². The molecule has 30 heavy (non-hydrogen) atoms. The van der Waals surface area contributed by atoms with Gasteiger partial charge in [-0.05, 0) is 48.5 Å². The van der Waals surface area contributed by atoms with E-state index in [1.165, 1.54) is 24.3 Å². The molecule has 0 radical (unpaired) electrons. The van der Waals surface area contributed by atoms with Crippen molar-refractivity contribution in [3.8, 4) is 11.5 Å². The van der Waals surface area contributed by atoms with Gasteiger partial charge in [-0.2, -0.15) is 0 Å². The van der Waals surface area contributed by atoms with Gasteiger partial charge in [-0.25, -0.2) is 8.42 Å². The van der Waals surface area contributed by atoms with Crippen molar-refractivity contribution in [3.05, 3.63) is 78.9 Å². The monoisotopic (exact) mass is 424 g/mol. The van der Waals surface area contributed by atoms with Gasteiger partial charge in [-0.15, -0.1) is 0 Å². The number of hydrogen-bond acceptors (Lipinski definition) is 5. The number of sulfonamides is 1. The number of nitrogens with zero attached hydrogens (tertiary/aromatic N) is 1. The minimum atomic E-state index is -3.71. The van der Waals surface area contributed by atoms with Crippen LogP contribution in [0, 0.1) is 0 Å². The molecule has 7 nitrogen and oxygen atoms in total. The lowest BCUT2D eigenvalue weighted by atomic mass is 10.2. The van der Waals surface area contributed by atoms with Gasteiger partial charge in [0, 0.05) is 5.69 Å². The molecule has 0 bridgehead atoms. The van der Waals surface area contributed by atoms with Gasteiger partial charge in [0.25, 0.3) is 15.9 Å². The molecule has 0 spiro atoms. The first-order valence-electron chi connectivity index (χ1n) is 9.36. The van der Waals surface area contributed by atoms with Gasteiger partial charge in [0.1, 0.15) is 18.1 Å². The van der Waals surface area contributed by atoms with Gasteiger partial charge in [0.15, 0.2) is 6.61 Å². The highest BCUT2D eigenvalue weighted by Gasteiger charge is 2.23. The zero-order valence-electron chi connectivity index (χ0n) is 16.0. The largest absolute Gasteiger partial charge is 0.490 e. The van der Waals surface area contributed by atoms with Crippen molar-refractivity contribution >= 4 is 27.3 Å². The van der Waals surface area contributed by atoms with Crippen LogP contribution in [0.1, 0.15) is 0 Å². The second-order valence-corrected chi connectivity index (χ2v) is 8.28. The van der Waals surface area contributed by atoms with E-state index in [1.54, 1.807) is 35.2 Å². The Morgan fingerprint density at radius 3 is 2.43 bits per heavy atom. The summed E-state index contributed by atoms with van der Waals surface area (Å²) in [7, 11) is -3.71. The van der Waals surface area contributed by atoms with E-state index in [4.69, 9.17) is 9.47 Å². The summed E-state index contributed by atoms with van der Waals surface area (Å²) < 4.78 is 38.6. The summed E-state index contributed by atoms with van der Waals surface area (Å²) in [5, 5.41) is 0. The number of anilines is 2. The SMILES string of the molecule is O=C(COc1ccc(S(=O)(=O)Nc2ccccc2)cc1)N1CCOc2ccccc21. The summed E-state index contributed by atoms with van der Waals surface area (Å²) in [4.78, 5) is 14.3. The Balaban J connectivity index is 1.39. The summed E-state index contributed by atoms with van der Waals surface area (Å²) in [5.74, 6) is 0.870. The molecule has 0 fully saturated rings. The highest BCUT2D eigenvalue weighted by molar-refractivity contribution is 7.92. The van der Waals surface area contributed by atoms with Crippen molar-refractivity contribution in [3.63, 3.8) is 0 Å². The third-order valence-electron chi connectivity index (χ3n) is 4.55. The second-order valence-electron chi connectivity index (χ2n) is 6.59. The van der Waals surface area contributed by atoms with Crippen LogP contribution in [0.5, 0.6) is 11.5 Å². The molecule has 0 aliphatic carbocycles. The van der Waals surface area contributed by atoms with Crippen molar-refractivity contribution in [2.24, 2.45) is 0 Å². The lowest BCUT2D eigenvalue weighted by Gasteiger charge is -2.29. The Bertz CT molecular complexity index is 1130. The van der Waals surface area contributed by atoms with E-state index in [0.717, 1.165) is 0 Å². The Morgan fingerprint density at radius 2 is 1.67 bits per heavy atom. The fourth-order valence-electron chi connectivity index (χ4n) is 3.09. The first-order valence-corrected chi connectivity index (χ1v) is 10.8. The normalized spacial score (nSPS) is 13.1. The van der Waals surface area contributed by atoms with E-state index < -0.39 is 10.0 Å². The van der Waals surface area contributed by atoms with Crippen LogP contribution >= 0.6 is 0 Å². The second kappa shape index (κ2) is 8.46. The predicted molar refractivity (Wildman–Crippen MR) is 113 cm³/mol. The molecule has 0 unspecified atom stereocenters. The zero-order valence-corrected chi connectivity index (χ0v) is 16.8. The molecule has 4 rings (SSSR count). The molecule has 3 aromatic rings. The molecule has 1 N–H and O–H groups in total. The zero-order chi connectivity index (χ0) is 21.0. The minimum absolute atomic E-state index is 0.104. The first-order chi connectivity index (χ1) is 14.5. The first kappa shape index (κ1) is 19.8. The highest BCUT2D eigenvalue weighted by Crippen LogP contribution is 2.31. The summed E-state index contributed by atoms with van der Waals surface area (Å²) in [5.41, 5.74) is 1.19. The van der Waals surface area contributed by atoms with Crippen molar-refractivity contribution in [2.75, 3.05) is 29.4 Å². The maximum atomic E-state index is 12.6. The number of para-hydroxylation sites is 3. The number of amides is 1. The lowest BCUT2D eigenvalue weighted by Crippen LogP contribution is -2.40. The standard InChI is InChI=1S/C22H20N2O5S/c25-22(24-14-15-28-21-9-5-4-8-20(21)24)16-29-18-10-12-19(13-11-18)30(26,27)23-17-6-2-1-3-7-17/h1-13,23H,14-16H2. The molecular weight excluding hydrogens is 404 g/mol. The molecule has 8 heteroatoms. The van der Waals surface area contributed by atoms with Crippen LogP contribution in [-0.4, -0.2) is 34.1 Å². The van der Waals surface area contributed by atoms with Gasteiger partial charge < -0.3 is 14.4 Å². The van der Waals surface area contributed by atoms with Crippen molar-refractivity contribution < 1.29 is 22.7 Å². The van der Waals surface area contributed by atoms with Gasteiger partial charge in [-0.3, -0.25) is 9.52 Å². The maximum Gasteiger partial charge on any atom is 0.265 e. The summed E-state index contributed by atoms with van der Waals surface area (Å²) in [6, 6.07) is 21.9. The molecular formula is C22H20N2O5S. The summed E-state index contributed by atoms with van der Waals surface area (Å²) in [6.07, 6.45) is 0. The van der Waals surface area contributed by atoms with E-state index in [-0.39, 0.29) is 17.4 Å². The van der Waals surface area contributed by atoms with E-state index >= 15 is 0 Å². The summed E-state index contributed by atoms with van der Waals surface area (Å²) in [6.45, 7) is 0.702. The van der Waals surface area contributed by atoms with Crippen LogP contribution in [0.2, 0.25) is 0 Å². The van der Waals surface area contributed by atoms with Crippen LogP contribution < -0.4 is 19.1 Å². The Kier molecular flexibility index (Phi) is 5.58. The number of hydrogen-bond donors (Lipinski definition) is 1. The van der Waals surface area contributed by atoms with Crippen LogP contribution in [-0.2, 0) is 14.8 Å². The Hall–Kier alpha value is -3.52. The Labute approximate surface area is 174 Å². The van der Waals surface area contributed by atoms with E-state index in [9.17, 15) is 13.2 Å². The predicted octanol–water partition coefficient (Wildman–Crippen LogP) is 3.29. The van der Waals surface area contributed by atoms with E-state index in [1.807, 2.05) is 24.3 Å². The smallest absolute Gasteiger partial charge is 0.265 e. The van der Waals surface area contributed by atoms with Crippen molar-refractivity contribution in [1.29, 1.82) is 0 Å². The van der Waals surface area contributed by atoms with Gasteiger partial charge in [0.05, 0.1) is 17.1 Å². The minimum Gasteiger partial charge on any atom is -0.490 e. The molecule has 1 aliphatic rings. The number of fused-ring (bicyclic) bond motifs is 1. The third-order valence-corrected chi connectivity index (χ3v) is 5.95. The van der Waals surface area contributed by atoms with Crippen LogP contribution in [0.3, 0.4) is 0 Å². The van der Waals surface area contributed by atoms with Gasteiger partial charge >= 0.3 is 0 Å². The molecule has 1 amide bonds. The average molecular weight is 424 g/mol. The van der Waals surface area contributed by atoms with Crippen molar-refractivity contribution in [2.45, 2.75) is 4.90 Å².